The molecule has 23 heavy (non-hydrogen) atoms. The van der Waals surface area contributed by atoms with Gasteiger partial charge in [-0.1, -0.05) is 48.5 Å². The van der Waals surface area contributed by atoms with E-state index >= 15 is 0 Å². The molecule has 4 aromatic rings. The number of pyridine rings is 1. The normalized spacial score (nSPS) is 10.1. The second-order valence-corrected chi connectivity index (χ2v) is 5.05. The molecule has 0 saturated carbocycles. The Balaban J connectivity index is 0.000000151. The summed E-state index contributed by atoms with van der Waals surface area (Å²) >= 11 is 0. The SMILES string of the molecule is O=Cc1ccccc1O.c1ccc2nc3ccccc3cc2c1. The highest BCUT2D eigenvalue weighted by molar-refractivity contribution is 5.92. The first-order valence-electron chi connectivity index (χ1n) is 7.25. The second kappa shape index (κ2) is 6.71. The molecule has 3 nitrogen and oxygen atoms in total. The van der Waals surface area contributed by atoms with Crippen LogP contribution in [0.1, 0.15) is 10.4 Å². The van der Waals surface area contributed by atoms with Crippen LogP contribution in [0.5, 0.6) is 5.75 Å². The number of rotatable bonds is 1. The van der Waals surface area contributed by atoms with Crippen molar-refractivity contribution in [3.05, 3.63) is 84.4 Å². The fourth-order valence-corrected chi connectivity index (χ4v) is 2.31. The topological polar surface area (TPSA) is 50.2 Å². The summed E-state index contributed by atoms with van der Waals surface area (Å²) in [7, 11) is 0. The number of fused-ring (bicyclic) bond motifs is 2. The van der Waals surface area contributed by atoms with Crippen molar-refractivity contribution in [3.8, 4) is 5.75 Å². The Morgan fingerprint density at radius 2 is 1.26 bits per heavy atom. The number of phenols is 1. The molecule has 0 radical (unpaired) electrons. The van der Waals surface area contributed by atoms with Crippen LogP contribution >= 0.6 is 0 Å². The molecule has 0 atom stereocenters. The van der Waals surface area contributed by atoms with Gasteiger partial charge in [0.05, 0.1) is 16.6 Å². The number of aldehydes is 1. The molecule has 0 saturated heterocycles. The van der Waals surface area contributed by atoms with E-state index in [1.54, 1.807) is 18.2 Å². The van der Waals surface area contributed by atoms with Gasteiger partial charge >= 0.3 is 0 Å². The highest BCUT2D eigenvalue weighted by atomic mass is 16.3. The molecule has 1 N–H and O–H groups in total. The van der Waals surface area contributed by atoms with E-state index in [1.165, 1.54) is 16.8 Å². The van der Waals surface area contributed by atoms with Gasteiger partial charge in [-0.2, -0.15) is 0 Å². The van der Waals surface area contributed by atoms with Crippen LogP contribution < -0.4 is 0 Å². The van der Waals surface area contributed by atoms with Gasteiger partial charge in [0.1, 0.15) is 5.75 Å². The molecule has 3 heteroatoms. The summed E-state index contributed by atoms with van der Waals surface area (Å²) in [6, 6.07) is 25.0. The van der Waals surface area contributed by atoms with Crippen molar-refractivity contribution in [1.29, 1.82) is 0 Å². The first-order chi connectivity index (χ1) is 11.3. The molecule has 0 unspecified atom stereocenters. The molecule has 1 heterocycles. The van der Waals surface area contributed by atoms with Gasteiger partial charge in [0.25, 0.3) is 0 Å². The van der Waals surface area contributed by atoms with Crippen LogP contribution in [0.25, 0.3) is 21.8 Å². The molecule has 0 aliphatic heterocycles. The minimum atomic E-state index is 0.0347. The lowest BCUT2D eigenvalue weighted by molar-refractivity contribution is 0.112. The van der Waals surface area contributed by atoms with Crippen molar-refractivity contribution in [2.24, 2.45) is 0 Å². The van der Waals surface area contributed by atoms with E-state index in [0.29, 0.717) is 11.8 Å². The quantitative estimate of drug-likeness (QED) is 0.413. The summed E-state index contributed by atoms with van der Waals surface area (Å²) in [5, 5.41) is 11.3. The van der Waals surface area contributed by atoms with Gasteiger partial charge < -0.3 is 5.11 Å². The zero-order valence-electron chi connectivity index (χ0n) is 12.4. The number of aromatic hydroxyl groups is 1. The number of phenolic OH excluding ortho intramolecular Hbond substituents is 1. The maximum Gasteiger partial charge on any atom is 0.153 e. The van der Waals surface area contributed by atoms with Gasteiger partial charge in [0, 0.05) is 10.8 Å². The van der Waals surface area contributed by atoms with Gasteiger partial charge in [-0.25, -0.2) is 4.98 Å². The van der Waals surface area contributed by atoms with Crippen LogP contribution in [0.4, 0.5) is 0 Å². The highest BCUT2D eigenvalue weighted by Crippen LogP contribution is 2.18. The standard InChI is InChI=1S/C13H9N.C7H6O2/c1-3-7-12-10(5-1)9-11-6-2-4-8-13(11)14-12;8-5-6-3-1-2-4-7(6)9/h1-9H;1-5,9H. The van der Waals surface area contributed by atoms with Gasteiger partial charge in [-0.3, -0.25) is 4.79 Å². The molecular weight excluding hydrogens is 286 g/mol. The maximum absolute atomic E-state index is 10.1. The first-order valence-corrected chi connectivity index (χ1v) is 7.25. The zero-order valence-corrected chi connectivity index (χ0v) is 12.4. The predicted octanol–water partition coefficient (Wildman–Crippen LogP) is 4.59. The smallest absolute Gasteiger partial charge is 0.153 e. The number of carbonyl (C=O) groups excluding carboxylic acids is 1. The number of nitrogens with zero attached hydrogens (tertiary/aromatic N) is 1. The third-order valence-electron chi connectivity index (χ3n) is 3.49. The molecule has 0 aliphatic carbocycles. The summed E-state index contributed by atoms with van der Waals surface area (Å²) in [5.41, 5.74) is 2.45. The van der Waals surface area contributed by atoms with E-state index in [9.17, 15) is 4.79 Å². The largest absolute Gasteiger partial charge is 0.507 e. The molecule has 0 bridgehead atoms. The fourth-order valence-electron chi connectivity index (χ4n) is 2.31. The minimum Gasteiger partial charge on any atom is -0.507 e. The zero-order chi connectivity index (χ0) is 16.1. The van der Waals surface area contributed by atoms with E-state index in [2.05, 4.69) is 23.2 Å². The Morgan fingerprint density at radius 1 is 0.739 bits per heavy atom. The molecule has 0 spiro atoms. The van der Waals surface area contributed by atoms with E-state index in [0.717, 1.165) is 11.0 Å². The Kier molecular flexibility index (Phi) is 4.29. The average Bonchev–Trinajstić information content (AvgIpc) is 2.61. The Bertz CT molecular complexity index is 858. The lowest BCUT2D eigenvalue weighted by Gasteiger charge is -1.99. The monoisotopic (exact) mass is 301 g/mol. The molecule has 112 valence electrons. The molecule has 0 fully saturated rings. The van der Waals surface area contributed by atoms with Crippen molar-refractivity contribution in [2.45, 2.75) is 0 Å². The Morgan fingerprint density at radius 3 is 1.78 bits per heavy atom. The summed E-state index contributed by atoms with van der Waals surface area (Å²) in [6.45, 7) is 0. The summed E-state index contributed by atoms with van der Waals surface area (Å²) < 4.78 is 0. The Labute approximate surface area is 133 Å². The van der Waals surface area contributed by atoms with Gasteiger partial charge in [-0.05, 0) is 30.3 Å². The van der Waals surface area contributed by atoms with Crippen molar-refractivity contribution < 1.29 is 9.90 Å². The summed E-state index contributed by atoms with van der Waals surface area (Å²) in [4.78, 5) is 14.6. The summed E-state index contributed by atoms with van der Waals surface area (Å²) in [6.07, 6.45) is 0.620. The first kappa shape index (κ1) is 14.7. The number of hydrogen-bond donors (Lipinski definition) is 1. The van der Waals surface area contributed by atoms with Crippen LogP contribution in [0, 0.1) is 0 Å². The maximum atomic E-state index is 10.1. The Hall–Kier alpha value is -3.20. The third kappa shape index (κ3) is 3.35. The predicted molar refractivity (Wildman–Crippen MR) is 92.7 cm³/mol. The molecular formula is C20H15NO2. The molecule has 4 rings (SSSR count). The highest BCUT2D eigenvalue weighted by Gasteiger charge is 1.96. The van der Waals surface area contributed by atoms with Gasteiger partial charge in [0.2, 0.25) is 0 Å². The van der Waals surface area contributed by atoms with E-state index in [1.807, 2.05) is 36.4 Å². The average molecular weight is 301 g/mol. The van der Waals surface area contributed by atoms with Crippen LogP contribution in [-0.4, -0.2) is 16.4 Å². The molecule has 0 amide bonds. The number of carbonyl (C=O) groups is 1. The number of para-hydroxylation sites is 3. The van der Waals surface area contributed by atoms with Crippen LogP contribution in [-0.2, 0) is 0 Å². The van der Waals surface area contributed by atoms with E-state index < -0.39 is 0 Å². The van der Waals surface area contributed by atoms with Crippen molar-refractivity contribution in [2.75, 3.05) is 0 Å². The number of hydrogen-bond acceptors (Lipinski definition) is 3. The fraction of sp³-hybridized carbons (Fsp3) is 0. The number of aromatic nitrogens is 1. The van der Waals surface area contributed by atoms with Crippen molar-refractivity contribution in [1.82, 2.24) is 4.98 Å². The molecule has 0 aliphatic rings. The second-order valence-electron chi connectivity index (χ2n) is 5.05. The third-order valence-corrected chi connectivity index (χ3v) is 3.49. The van der Waals surface area contributed by atoms with E-state index in [4.69, 9.17) is 5.11 Å². The molecule has 3 aromatic carbocycles. The minimum absolute atomic E-state index is 0.0347. The van der Waals surface area contributed by atoms with Crippen molar-refractivity contribution in [3.63, 3.8) is 0 Å². The van der Waals surface area contributed by atoms with Crippen LogP contribution in [0.15, 0.2) is 78.9 Å². The van der Waals surface area contributed by atoms with Crippen LogP contribution in [0.2, 0.25) is 0 Å². The number of benzene rings is 3. The van der Waals surface area contributed by atoms with Gasteiger partial charge in [-0.15, -0.1) is 0 Å². The van der Waals surface area contributed by atoms with E-state index in [-0.39, 0.29) is 5.75 Å². The van der Waals surface area contributed by atoms with Crippen molar-refractivity contribution >= 4 is 28.1 Å². The van der Waals surface area contributed by atoms with Gasteiger partial charge in [0.15, 0.2) is 6.29 Å². The lowest BCUT2D eigenvalue weighted by Crippen LogP contribution is -1.80. The molecule has 1 aromatic heterocycles. The summed E-state index contributed by atoms with van der Waals surface area (Å²) in [5.74, 6) is 0.0347. The van der Waals surface area contributed by atoms with Crippen LogP contribution in [0.3, 0.4) is 0 Å². The lowest BCUT2D eigenvalue weighted by atomic mass is 10.1.